The van der Waals surface area contributed by atoms with Crippen LogP contribution in [0.15, 0.2) is 34.2 Å². The topological polar surface area (TPSA) is 106 Å². The summed E-state index contributed by atoms with van der Waals surface area (Å²) in [6.45, 7) is 8.31. The number of ether oxygens (including phenoxy) is 1. The normalized spacial score (nSPS) is 13.2. The van der Waals surface area contributed by atoms with E-state index in [9.17, 15) is 8.42 Å². The van der Waals surface area contributed by atoms with Gasteiger partial charge in [-0.15, -0.1) is 24.0 Å². The van der Waals surface area contributed by atoms with Crippen LogP contribution in [0.4, 0.5) is 0 Å². The lowest BCUT2D eigenvalue weighted by Crippen LogP contribution is -2.38. The van der Waals surface area contributed by atoms with E-state index in [1.54, 1.807) is 19.2 Å². The van der Waals surface area contributed by atoms with Crippen molar-refractivity contribution in [3.8, 4) is 0 Å². The average molecular weight is 498 g/mol. The van der Waals surface area contributed by atoms with Crippen LogP contribution in [-0.4, -0.2) is 40.7 Å². The number of halogens is 1. The van der Waals surface area contributed by atoms with Crippen LogP contribution in [-0.2, 0) is 21.3 Å². The highest BCUT2D eigenvalue weighted by molar-refractivity contribution is 14.0. The Morgan fingerprint density at radius 2 is 1.85 bits per heavy atom. The molecule has 0 aliphatic heterocycles. The highest BCUT2D eigenvalue weighted by Gasteiger charge is 2.13. The van der Waals surface area contributed by atoms with E-state index < -0.39 is 10.0 Å². The fraction of sp³-hybridized carbons (Fsp3) is 0.588. The Morgan fingerprint density at radius 3 is 2.31 bits per heavy atom. The number of sulfonamides is 1. The van der Waals surface area contributed by atoms with Gasteiger partial charge in [0.1, 0.15) is 0 Å². The van der Waals surface area contributed by atoms with E-state index in [2.05, 4.69) is 29.5 Å². The van der Waals surface area contributed by atoms with Crippen LogP contribution in [0, 0.1) is 5.92 Å². The van der Waals surface area contributed by atoms with Crippen LogP contribution in [0.3, 0.4) is 0 Å². The van der Waals surface area contributed by atoms with Crippen molar-refractivity contribution >= 4 is 40.0 Å². The molecular weight excluding hydrogens is 467 g/mol. The number of hydrogen-bond donors (Lipinski definition) is 3. The first-order chi connectivity index (χ1) is 11.8. The van der Waals surface area contributed by atoms with Gasteiger partial charge in [0.2, 0.25) is 10.0 Å². The number of benzene rings is 1. The zero-order valence-electron chi connectivity index (χ0n) is 15.9. The average Bonchev–Trinajstić information content (AvgIpc) is 2.56. The van der Waals surface area contributed by atoms with Crippen LogP contribution in [0.25, 0.3) is 0 Å². The molecular formula is C17H31IN4O3S. The molecule has 1 unspecified atom stereocenters. The molecule has 0 bridgehead atoms. The third-order valence-corrected chi connectivity index (χ3v) is 4.71. The molecule has 7 nitrogen and oxygen atoms in total. The van der Waals surface area contributed by atoms with Crippen molar-refractivity contribution in [1.82, 2.24) is 10.6 Å². The summed E-state index contributed by atoms with van der Waals surface area (Å²) < 4.78 is 28.2. The molecule has 0 aliphatic rings. The Bertz CT molecular complexity index is 648. The van der Waals surface area contributed by atoms with E-state index in [0.717, 1.165) is 18.5 Å². The molecule has 0 saturated heterocycles. The molecule has 0 amide bonds. The van der Waals surface area contributed by atoms with Gasteiger partial charge in [-0.05, 0) is 37.0 Å². The van der Waals surface area contributed by atoms with E-state index in [-0.39, 0.29) is 35.0 Å². The molecule has 0 fully saturated rings. The summed E-state index contributed by atoms with van der Waals surface area (Å²) in [6, 6.07) is 6.45. The number of nitrogens with one attached hydrogen (secondary N) is 2. The van der Waals surface area contributed by atoms with Gasteiger partial charge in [0, 0.05) is 26.7 Å². The van der Waals surface area contributed by atoms with Gasteiger partial charge in [0.25, 0.3) is 0 Å². The number of hydrogen-bond acceptors (Lipinski definition) is 4. The summed E-state index contributed by atoms with van der Waals surface area (Å²) in [7, 11) is -1.95. The zero-order chi connectivity index (χ0) is 18.9. The van der Waals surface area contributed by atoms with E-state index in [1.807, 2.05) is 6.92 Å². The molecule has 1 aromatic carbocycles. The minimum atomic E-state index is -3.66. The highest BCUT2D eigenvalue weighted by Crippen LogP contribution is 2.10. The lowest BCUT2D eigenvalue weighted by atomic mass is 10.0. The molecule has 0 spiro atoms. The van der Waals surface area contributed by atoms with Crippen molar-refractivity contribution < 1.29 is 13.2 Å². The molecule has 1 aromatic rings. The molecule has 0 radical (unpaired) electrons. The van der Waals surface area contributed by atoms with E-state index in [1.165, 1.54) is 12.1 Å². The fourth-order valence-electron chi connectivity index (χ4n) is 2.36. The molecule has 1 rings (SSSR count). The van der Waals surface area contributed by atoms with Crippen molar-refractivity contribution in [3.63, 3.8) is 0 Å². The van der Waals surface area contributed by atoms with Crippen LogP contribution < -0.4 is 15.8 Å². The van der Waals surface area contributed by atoms with E-state index in [0.29, 0.717) is 25.0 Å². The molecule has 0 saturated carbocycles. The first kappa shape index (κ1) is 25.1. The first-order valence-electron chi connectivity index (χ1n) is 8.45. The Hall–Kier alpha value is -0.910. The number of aliphatic imine (C=N–C) groups is 1. The van der Waals surface area contributed by atoms with Crippen LogP contribution in [0.1, 0.15) is 32.8 Å². The van der Waals surface area contributed by atoms with Crippen molar-refractivity contribution in [2.24, 2.45) is 16.0 Å². The quantitative estimate of drug-likeness (QED) is 0.275. The predicted molar refractivity (Wildman–Crippen MR) is 116 cm³/mol. The summed E-state index contributed by atoms with van der Waals surface area (Å²) in [5, 5.41) is 11.5. The van der Waals surface area contributed by atoms with Gasteiger partial charge >= 0.3 is 0 Å². The summed E-state index contributed by atoms with van der Waals surface area (Å²) in [5.74, 6) is 1.16. The molecule has 4 N–H and O–H groups in total. The van der Waals surface area contributed by atoms with Gasteiger partial charge in [-0.1, -0.05) is 26.0 Å². The number of rotatable bonds is 9. The van der Waals surface area contributed by atoms with E-state index >= 15 is 0 Å². The number of primary sulfonamides is 1. The monoisotopic (exact) mass is 498 g/mol. The van der Waals surface area contributed by atoms with E-state index in [4.69, 9.17) is 9.88 Å². The molecule has 26 heavy (non-hydrogen) atoms. The third kappa shape index (κ3) is 9.15. The first-order valence-corrected chi connectivity index (χ1v) is 10.0. The Labute approximate surface area is 174 Å². The minimum absolute atomic E-state index is 0. The fourth-order valence-corrected chi connectivity index (χ4v) is 2.87. The molecule has 0 aliphatic carbocycles. The Morgan fingerprint density at radius 1 is 1.23 bits per heavy atom. The maximum atomic E-state index is 11.2. The lowest BCUT2D eigenvalue weighted by molar-refractivity contribution is 0.0258. The zero-order valence-corrected chi connectivity index (χ0v) is 19.0. The number of nitrogens with zero attached hydrogens (tertiary/aromatic N) is 1. The Balaban J connectivity index is 0.00000625. The maximum Gasteiger partial charge on any atom is 0.238 e. The smallest absolute Gasteiger partial charge is 0.238 e. The maximum absolute atomic E-state index is 11.2. The SMILES string of the molecule is CCOC(CCNC(=NC)NCc1ccc(S(N)(=O)=O)cc1)C(C)C.I. The predicted octanol–water partition coefficient (Wildman–Crippen LogP) is 2.07. The highest BCUT2D eigenvalue weighted by atomic mass is 127. The molecule has 0 aromatic heterocycles. The van der Waals surface area contributed by atoms with Gasteiger partial charge in [0.05, 0.1) is 11.0 Å². The van der Waals surface area contributed by atoms with Gasteiger partial charge in [-0.2, -0.15) is 0 Å². The molecule has 150 valence electrons. The third-order valence-electron chi connectivity index (χ3n) is 3.78. The van der Waals surface area contributed by atoms with Crippen molar-refractivity contribution in [3.05, 3.63) is 29.8 Å². The summed E-state index contributed by atoms with van der Waals surface area (Å²) in [4.78, 5) is 4.29. The second kappa shape index (κ2) is 12.5. The summed E-state index contributed by atoms with van der Waals surface area (Å²) >= 11 is 0. The van der Waals surface area contributed by atoms with Crippen molar-refractivity contribution in [2.75, 3.05) is 20.2 Å². The number of nitrogens with two attached hydrogens (primary N) is 1. The second-order valence-corrected chi connectivity index (χ2v) is 7.63. The van der Waals surface area contributed by atoms with Gasteiger partial charge in [-0.3, -0.25) is 4.99 Å². The summed E-state index contributed by atoms with van der Waals surface area (Å²) in [5.41, 5.74) is 0.935. The Kier molecular flexibility index (Phi) is 12.0. The second-order valence-electron chi connectivity index (χ2n) is 6.07. The van der Waals surface area contributed by atoms with Gasteiger partial charge in [-0.25, -0.2) is 13.6 Å². The van der Waals surface area contributed by atoms with Gasteiger partial charge < -0.3 is 15.4 Å². The lowest BCUT2D eigenvalue weighted by Gasteiger charge is -2.21. The summed E-state index contributed by atoms with van der Waals surface area (Å²) in [6.07, 6.45) is 1.12. The minimum Gasteiger partial charge on any atom is -0.378 e. The standard InChI is InChI=1S/C17H30N4O3S.HI/c1-5-24-16(13(2)3)10-11-20-17(19-4)21-12-14-6-8-15(9-7-14)25(18,22)23;/h6-9,13,16H,5,10-12H2,1-4H3,(H2,18,22,23)(H2,19,20,21);1H. The van der Waals surface area contributed by atoms with Crippen LogP contribution in [0.5, 0.6) is 0 Å². The van der Waals surface area contributed by atoms with Crippen molar-refractivity contribution in [2.45, 2.75) is 44.7 Å². The molecule has 0 heterocycles. The largest absolute Gasteiger partial charge is 0.378 e. The number of guanidine groups is 1. The van der Waals surface area contributed by atoms with Gasteiger partial charge in [0.15, 0.2) is 5.96 Å². The van der Waals surface area contributed by atoms with Crippen molar-refractivity contribution in [1.29, 1.82) is 0 Å². The van der Waals surface area contributed by atoms with Crippen LogP contribution in [0.2, 0.25) is 0 Å². The molecule has 9 heteroatoms. The molecule has 1 atom stereocenters. The van der Waals surface area contributed by atoms with Crippen LogP contribution >= 0.6 is 24.0 Å².